The van der Waals surface area contributed by atoms with Crippen LogP contribution in [0.3, 0.4) is 0 Å². The summed E-state index contributed by atoms with van der Waals surface area (Å²) in [7, 11) is 0. The molecule has 0 unspecified atom stereocenters. The number of ether oxygens (including phenoxy) is 1. The Morgan fingerprint density at radius 3 is 2.59 bits per heavy atom. The molecule has 0 saturated heterocycles. The number of rotatable bonds is 7. The lowest BCUT2D eigenvalue weighted by atomic mass is 10.0. The Balaban J connectivity index is 1.89. The van der Waals surface area contributed by atoms with Crippen molar-refractivity contribution in [2.24, 2.45) is 5.92 Å². The van der Waals surface area contributed by atoms with Crippen LogP contribution in [0, 0.1) is 11.7 Å². The first-order valence-corrected chi connectivity index (χ1v) is 9.29. The molecule has 6 nitrogen and oxygen atoms in total. The van der Waals surface area contributed by atoms with Crippen molar-refractivity contribution in [3.8, 4) is 0 Å². The molecule has 2 amide bonds. The molecule has 144 valence electrons. The zero-order valence-electron chi connectivity index (χ0n) is 14.6. The van der Waals surface area contributed by atoms with Gasteiger partial charge in [-0.3, -0.25) is 9.59 Å². The van der Waals surface area contributed by atoms with E-state index in [1.807, 2.05) is 0 Å². The van der Waals surface area contributed by atoms with Gasteiger partial charge in [0.15, 0.2) is 6.61 Å². The zero-order valence-corrected chi connectivity index (χ0v) is 16.2. The molecule has 1 aromatic heterocycles. The number of nitrogens with one attached hydrogen (secondary N) is 2. The highest BCUT2D eigenvalue weighted by Crippen LogP contribution is 2.19. The first kappa shape index (κ1) is 20.9. The molecule has 2 rings (SSSR count). The van der Waals surface area contributed by atoms with Crippen LogP contribution in [0.5, 0.6) is 0 Å². The van der Waals surface area contributed by atoms with E-state index in [1.165, 1.54) is 23.5 Å². The smallest absolute Gasteiger partial charge is 0.329 e. The summed E-state index contributed by atoms with van der Waals surface area (Å²) in [6.45, 7) is 2.95. The summed E-state index contributed by atoms with van der Waals surface area (Å²) in [4.78, 5) is 36.8. The van der Waals surface area contributed by atoms with Crippen LogP contribution < -0.4 is 10.6 Å². The highest BCUT2D eigenvalue weighted by atomic mass is 35.5. The Labute approximate surface area is 164 Å². The van der Waals surface area contributed by atoms with E-state index in [0.717, 1.165) is 6.07 Å². The highest BCUT2D eigenvalue weighted by molar-refractivity contribution is 7.12. The summed E-state index contributed by atoms with van der Waals surface area (Å²) in [6.07, 6.45) is 0. The molecule has 1 heterocycles. The monoisotopic (exact) mass is 412 g/mol. The van der Waals surface area contributed by atoms with Crippen LogP contribution >= 0.6 is 22.9 Å². The molecule has 1 atom stereocenters. The number of benzene rings is 1. The minimum absolute atomic E-state index is 0.138. The van der Waals surface area contributed by atoms with Gasteiger partial charge in [0.1, 0.15) is 11.9 Å². The van der Waals surface area contributed by atoms with Crippen molar-refractivity contribution in [2.45, 2.75) is 19.9 Å². The van der Waals surface area contributed by atoms with Gasteiger partial charge in [-0.25, -0.2) is 9.18 Å². The molecule has 1 aromatic carbocycles. The lowest BCUT2D eigenvalue weighted by Crippen LogP contribution is -2.45. The van der Waals surface area contributed by atoms with Crippen LogP contribution in [-0.2, 0) is 14.3 Å². The summed E-state index contributed by atoms with van der Waals surface area (Å²) >= 11 is 6.89. The van der Waals surface area contributed by atoms with Crippen molar-refractivity contribution < 1.29 is 23.5 Å². The fraction of sp³-hybridized carbons (Fsp3) is 0.278. The van der Waals surface area contributed by atoms with E-state index in [9.17, 15) is 18.8 Å². The molecule has 0 aliphatic heterocycles. The number of amides is 2. The summed E-state index contributed by atoms with van der Waals surface area (Å²) in [5.74, 6) is -2.56. The van der Waals surface area contributed by atoms with Gasteiger partial charge in [-0.15, -0.1) is 11.3 Å². The average molecular weight is 413 g/mol. The van der Waals surface area contributed by atoms with Gasteiger partial charge in [-0.1, -0.05) is 31.5 Å². The molecular formula is C18H18ClFN2O4S. The van der Waals surface area contributed by atoms with Crippen LogP contribution in [0.25, 0.3) is 0 Å². The van der Waals surface area contributed by atoms with Gasteiger partial charge in [0.05, 0.1) is 9.90 Å². The SMILES string of the molecule is CC(C)[C@@H](NC(=O)c1cccs1)C(=O)OCC(=O)Nc1ccc(F)c(Cl)c1. The Morgan fingerprint density at radius 1 is 1.26 bits per heavy atom. The third-order valence-electron chi connectivity index (χ3n) is 3.50. The van der Waals surface area contributed by atoms with E-state index in [-0.39, 0.29) is 22.5 Å². The number of thiophene rings is 1. The Bertz CT molecular complexity index is 827. The maximum atomic E-state index is 13.1. The fourth-order valence-electron chi connectivity index (χ4n) is 2.12. The van der Waals surface area contributed by atoms with Crippen LogP contribution in [0.15, 0.2) is 35.7 Å². The normalized spacial score (nSPS) is 11.7. The van der Waals surface area contributed by atoms with E-state index in [1.54, 1.807) is 31.4 Å². The first-order chi connectivity index (χ1) is 12.8. The van der Waals surface area contributed by atoms with Gasteiger partial charge >= 0.3 is 5.97 Å². The predicted octanol–water partition coefficient (Wildman–Crippen LogP) is 3.48. The van der Waals surface area contributed by atoms with Crippen LogP contribution in [0.1, 0.15) is 23.5 Å². The van der Waals surface area contributed by atoms with Crippen molar-refractivity contribution in [1.29, 1.82) is 0 Å². The van der Waals surface area contributed by atoms with Crippen molar-refractivity contribution in [1.82, 2.24) is 5.32 Å². The lowest BCUT2D eigenvalue weighted by Gasteiger charge is -2.20. The molecule has 0 bridgehead atoms. The summed E-state index contributed by atoms with van der Waals surface area (Å²) in [6, 6.07) is 6.16. The molecule has 0 spiro atoms. The molecule has 0 fully saturated rings. The first-order valence-electron chi connectivity index (χ1n) is 8.04. The number of esters is 1. The Hall–Kier alpha value is -2.45. The minimum Gasteiger partial charge on any atom is -0.454 e. The second-order valence-electron chi connectivity index (χ2n) is 5.96. The van der Waals surface area contributed by atoms with Gasteiger partial charge in [-0.05, 0) is 35.6 Å². The van der Waals surface area contributed by atoms with Crippen molar-refractivity contribution in [2.75, 3.05) is 11.9 Å². The van der Waals surface area contributed by atoms with Crippen molar-refractivity contribution in [3.05, 3.63) is 51.4 Å². The van der Waals surface area contributed by atoms with Gasteiger partial charge < -0.3 is 15.4 Å². The number of carbonyl (C=O) groups is 3. The molecule has 2 N–H and O–H groups in total. The number of hydrogen-bond donors (Lipinski definition) is 2. The topological polar surface area (TPSA) is 84.5 Å². The van der Waals surface area contributed by atoms with Gasteiger partial charge in [0, 0.05) is 5.69 Å². The number of carbonyl (C=O) groups excluding carboxylic acids is 3. The summed E-state index contributed by atoms with van der Waals surface area (Å²) < 4.78 is 18.1. The Morgan fingerprint density at radius 2 is 2.00 bits per heavy atom. The van der Waals surface area contributed by atoms with Crippen LogP contribution in [0.2, 0.25) is 5.02 Å². The van der Waals surface area contributed by atoms with E-state index < -0.39 is 30.3 Å². The predicted molar refractivity (Wildman–Crippen MR) is 101 cm³/mol. The number of anilines is 1. The number of halogens is 2. The van der Waals surface area contributed by atoms with E-state index >= 15 is 0 Å². The van der Waals surface area contributed by atoms with E-state index in [2.05, 4.69) is 10.6 Å². The summed E-state index contributed by atoms with van der Waals surface area (Å²) in [5.41, 5.74) is 0.272. The molecule has 0 aliphatic rings. The fourth-order valence-corrected chi connectivity index (χ4v) is 2.92. The van der Waals surface area contributed by atoms with E-state index in [4.69, 9.17) is 16.3 Å². The molecule has 27 heavy (non-hydrogen) atoms. The van der Waals surface area contributed by atoms with Crippen LogP contribution in [0.4, 0.5) is 10.1 Å². The summed E-state index contributed by atoms with van der Waals surface area (Å²) in [5, 5.41) is 6.67. The van der Waals surface area contributed by atoms with Crippen molar-refractivity contribution >= 4 is 46.4 Å². The van der Waals surface area contributed by atoms with E-state index in [0.29, 0.717) is 4.88 Å². The third-order valence-corrected chi connectivity index (χ3v) is 4.66. The minimum atomic E-state index is -0.896. The molecule has 9 heteroatoms. The highest BCUT2D eigenvalue weighted by Gasteiger charge is 2.27. The molecule has 2 aromatic rings. The standard InChI is InChI=1S/C18H18ClFN2O4S/c1-10(2)16(22-17(24)14-4-3-7-27-14)18(25)26-9-15(23)21-11-5-6-13(20)12(19)8-11/h3-8,10,16H,9H2,1-2H3,(H,21,23)(H,22,24)/t16-/m1/s1. The second-order valence-corrected chi connectivity index (χ2v) is 7.31. The van der Waals surface area contributed by atoms with Gasteiger partial charge in [0.25, 0.3) is 11.8 Å². The molecule has 0 aliphatic carbocycles. The van der Waals surface area contributed by atoms with Crippen molar-refractivity contribution in [3.63, 3.8) is 0 Å². The largest absolute Gasteiger partial charge is 0.454 e. The maximum absolute atomic E-state index is 13.1. The number of hydrogen-bond acceptors (Lipinski definition) is 5. The molecule has 0 saturated carbocycles. The third kappa shape index (κ3) is 6.04. The van der Waals surface area contributed by atoms with Gasteiger partial charge in [0.2, 0.25) is 0 Å². The maximum Gasteiger partial charge on any atom is 0.329 e. The van der Waals surface area contributed by atoms with Gasteiger partial charge in [-0.2, -0.15) is 0 Å². The lowest BCUT2D eigenvalue weighted by molar-refractivity contribution is -0.150. The molecular weight excluding hydrogens is 395 g/mol. The zero-order chi connectivity index (χ0) is 20.0. The second kappa shape index (κ2) is 9.48. The van der Waals surface area contributed by atoms with Crippen LogP contribution in [-0.4, -0.2) is 30.4 Å². The molecule has 0 radical (unpaired) electrons. The Kier molecular flexibility index (Phi) is 7.32. The average Bonchev–Trinajstić information content (AvgIpc) is 3.15. The quantitative estimate of drug-likeness (QED) is 0.682.